The Kier molecular flexibility index (Phi) is 5.27. The second kappa shape index (κ2) is 8.34. The molecule has 3 heterocycles. The summed E-state index contributed by atoms with van der Waals surface area (Å²) in [5.41, 5.74) is 4.87. The Morgan fingerprint density at radius 2 is 1.03 bits per heavy atom. The number of anilines is 2. The van der Waals surface area contributed by atoms with Gasteiger partial charge in [-0.05, 0) is 79.9 Å². The van der Waals surface area contributed by atoms with Crippen molar-refractivity contribution >= 4 is 11.4 Å². The van der Waals surface area contributed by atoms with Crippen LogP contribution in [0.3, 0.4) is 0 Å². The summed E-state index contributed by atoms with van der Waals surface area (Å²) in [6.45, 7) is 6.59. The van der Waals surface area contributed by atoms with Crippen LogP contribution >= 0.6 is 0 Å². The van der Waals surface area contributed by atoms with Crippen LogP contribution in [-0.2, 0) is 0 Å². The van der Waals surface area contributed by atoms with Gasteiger partial charge in [0.1, 0.15) is 11.5 Å². The Morgan fingerprint density at radius 3 is 1.55 bits per heavy atom. The van der Waals surface area contributed by atoms with E-state index in [2.05, 4.69) is 75.8 Å². The molecule has 0 radical (unpaired) electrons. The zero-order valence-corrected chi connectivity index (χ0v) is 16.9. The van der Waals surface area contributed by atoms with Crippen LogP contribution in [-0.4, -0.2) is 39.3 Å². The Bertz CT molecular complexity index is 841. The van der Waals surface area contributed by atoms with Crippen LogP contribution in [0.1, 0.15) is 19.3 Å². The van der Waals surface area contributed by atoms with Crippen LogP contribution in [0, 0.1) is 0 Å². The van der Waals surface area contributed by atoms with E-state index >= 15 is 0 Å². The molecule has 0 bridgehead atoms. The first kappa shape index (κ1) is 18.3. The fourth-order valence-corrected chi connectivity index (χ4v) is 4.40. The van der Waals surface area contributed by atoms with Crippen molar-refractivity contribution in [3.8, 4) is 22.6 Å². The molecule has 0 unspecified atom stereocenters. The van der Waals surface area contributed by atoms with E-state index in [1.54, 1.807) is 0 Å². The molecule has 2 fully saturated rings. The molecule has 2 aliphatic heterocycles. The predicted octanol–water partition coefficient (Wildman–Crippen LogP) is 5.01. The minimum atomic E-state index is 0.923. The maximum absolute atomic E-state index is 6.19. The van der Waals surface area contributed by atoms with Crippen LogP contribution in [0.25, 0.3) is 22.6 Å². The molecule has 2 aliphatic rings. The van der Waals surface area contributed by atoms with E-state index < -0.39 is 0 Å². The van der Waals surface area contributed by atoms with Crippen LogP contribution in [0.15, 0.2) is 65.1 Å². The minimum Gasteiger partial charge on any atom is -0.456 e. The summed E-state index contributed by atoms with van der Waals surface area (Å²) < 4.78 is 6.19. The number of piperidine rings is 1. The van der Waals surface area contributed by atoms with Gasteiger partial charge in [0, 0.05) is 61.8 Å². The van der Waals surface area contributed by atoms with Gasteiger partial charge in [-0.1, -0.05) is 0 Å². The maximum atomic E-state index is 6.19. The van der Waals surface area contributed by atoms with Crippen molar-refractivity contribution in [2.45, 2.75) is 19.3 Å². The average Bonchev–Trinajstić information content (AvgIpc) is 3.31. The maximum Gasteiger partial charge on any atom is 0.134 e. The molecule has 4 nitrogen and oxygen atoms in total. The molecule has 2 saturated heterocycles. The first-order valence-electron chi connectivity index (χ1n) is 10.9. The van der Waals surface area contributed by atoms with Gasteiger partial charge >= 0.3 is 0 Å². The van der Waals surface area contributed by atoms with Crippen LogP contribution in [0.2, 0.25) is 0 Å². The predicted molar refractivity (Wildman–Crippen MR) is 121 cm³/mol. The highest BCUT2D eigenvalue weighted by molar-refractivity contribution is 5.68. The largest absolute Gasteiger partial charge is 0.456 e. The van der Waals surface area contributed by atoms with Crippen LogP contribution in [0.5, 0.6) is 0 Å². The molecule has 3 aromatic rings. The SMILES string of the molecule is c1cc(N2CCCCC2)ccc1-c1ccc(-c2ccc(N3CCNCC3)cc2)o1. The third-order valence-corrected chi connectivity index (χ3v) is 6.11. The highest BCUT2D eigenvalue weighted by Gasteiger charge is 2.13. The lowest BCUT2D eigenvalue weighted by Crippen LogP contribution is -2.43. The summed E-state index contributed by atoms with van der Waals surface area (Å²) >= 11 is 0. The zero-order valence-electron chi connectivity index (χ0n) is 16.9. The van der Waals surface area contributed by atoms with E-state index in [4.69, 9.17) is 4.42 Å². The van der Waals surface area contributed by atoms with Gasteiger partial charge in [-0.25, -0.2) is 0 Å². The second-order valence-electron chi connectivity index (χ2n) is 8.04. The molecule has 0 aliphatic carbocycles. The van der Waals surface area contributed by atoms with Crippen molar-refractivity contribution in [2.75, 3.05) is 49.1 Å². The number of benzene rings is 2. The van der Waals surface area contributed by atoms with E-state index in [1.807, 2.05) is 0 Å². The van der Waals surface area contributed by atoms with Gasteiger partial charge < -0.3 is 19.5 Å². The Morgan fingerprint density at radius 1 is 0.552 bits per heavy atom. The van der Waals surface area contributed by atoms with Crippen molar-refractivity contribution in [2.24, 2.45) is 0 Å². The number of rotatable bonds is 4. The second-order valence-corrected chi connectivity index (χ2v) is 8.04. The molecule has 150 valence electrons. The first-order chi connectivity index (χ1) is 14.4. The molecule has 1 N–H and O–H groups in total. The number of nitrogens with zero attached hydrogens (tertiary/aromatic N) is 2. The van der Waals surface area contributed by atoms with Gasteiger partial charge in [0.25, 0.3) is 0 Å². The Labute approximate surface area is 173 Å². The van der Waals surface area contributed by atoms with E-state index in [0.717, 1.165) is 48.8 Å². The lowest BCUT2D eigenvalue weighted by Gasteiger charge is -2.29. The van der Waals surface area contributed by atoms with Crippen LogP contribution < -0.4 is 15.1 Å². The molecule has 4 heteroatoms. The highest BCUT2D eigenvalue weighted by atomic mass is 16.3. The average molecular weight is 388 g/mol. The quantitative estimate of drug-likeness (QED) is 0.682. The van der Waals surface area contributed by atoms with Crippen LogP contribution in [0.4, 0.5) is 11.4 Å². The third-order valence-electron chi connectivity index (χ3n) is 6.11. The van der Waals surface area contributed by atoms with Crippen molar-refractivity contribution in [1.82, 2.24) is 5.32 Å². The van der Waals surface area contributed by atoms with Crippen molar-refractivity contribution in [1.29, 1.82) is 0 Å². The number of furan rings is 1. The highest BCUT2D eigenvalue weighted by Crippen LogP contribution is 2.31. The third kappa shape index (κ3) is 4.03. The topological polar surface area (TPSA) is 31.6 Å². The molecular formula is C25H29N3O. The van der Waals surface area contributed by atoms with E-state index in [-0.39, 0.29) is 0 Å². The molecule has 5 rings (SSSR count). The number of hydrogen-bond donors (Lipinski definition) is 1. The van der Waals surface area contributed by atoms with Gasteiger partial charge in [-0.3, -0.25) is 0 Å². The minimum absolute atomic E-state index is 0.923. The monoisotopic (exact) mass is 387 g/mol. The van der Waals surface area contributed by atoms with Gasteiger partial charge in [-0.2, -0.15) is 0 Å². The lowest BCUT2D eigenvalue weighted by molar-refractivity contribution is 0.577. The van der Waals surface area contributed by atoms with Crippen molar-refractivity contribution < 1.29 is 4.42 Å². The number of piperazine rings is 1. The molecule has 0 spiro atoms. The molecule has 0 amide bonds. The molecule has 2 aromatic carbocycles. The van der Waals surface area contributed by atoms with E-state index in [0.29, 0.717) is 0 Å². The summed E-state index contributed by atoms with van der Waals surface area (Å²) in [5, 5.41) is 3.40. The summed E-state index contributed by atoms with van der Waals surface area (Å²) in [7, 11) is 0. The van der Waals surface area contributed by atoms with E-state index in [1.165, 1.54) is 43.7 Å². The smallest absolute Gasteiger partial charge is 0.134 e. The van der Waals surface area contributed by atoms with Gasteiger partial charge in [-0.15, -0.1) is 0 Å². The summed E-state index contributed by atoms with van der Waals surface area (Å²) in [5.74, 6) is 1.85. The summed E-state index contributed by atoms with van der Waals surface area (Å²) in [6, 6.07) is 21.7. The Balaban J connectivity index is 1.30. The summed E-state index contributed by atoms with van der Waals surface area (Å²) in [6.07, 6.45) is 3.97. The molecular weight excluding hydrogens is 358 g/mol. The summed E-state index contributed by atoms with van der Waals surface area (Å²) in [4.78, 5) is 4.92. The molecule has 1 aromatic heterocycles. The lowest BCUT2D eigenvalue weighted by atomic mass is 10.1. The normalized spacial score (nSPS) is 17.5. The number of hydrogen-bond acceptors (Lipinski definition) is 4. The van der Waals surface area contributed by atoms with Gasteiger partial charge in [0.05, 0.1) is 0 Å². The van der Waals surface area contributed by atoms with Gasteiger partial charge in [0.15, 0.2) is 0 Å². The Hall–Kier alpha value is -2.72. The molecule has 29 heavy (non-hydrogen) atoms. The van der Waals surface area contributed by atoms with Crippen molar-refractivity contribution in [3.63, 3.8) is 0 Å². The van der Waals surface area contributed by atoms with Gasteiger partial charge in [0.2, 0.25) is 0 Å². The fourth-order valence-electron chi connectivity index (χ4n) is 4.40. The first-order valence-corrected chi connectivity index (χ1v) is 10.9. The molecule has 0 saturated carbocycles. The number of nitrogens with one attached hydrogen (secondary N) is 1. The van der Waals surface area contributed by atoms with Crippen molar-refractivity contribution in [3.05, 3.63) is 60.7 Å². The fraction of sp³-hybridized carbons (Fsp3) is 0.360. The molecule has 0 atom stereocenters. The standard InChI is InChI=1S/C25H29N3O/c1-2-16-27(17-3-1)22-8-4-20(5-9-22)24-12-13-25(29-24)21-6-10-23(11-7-21)28-18-14-26-15-19-28/h4-13,26H,1-3,14-19H2. The zero-order chi connectivity index (χ0) is 19.5. The van der Waals surface area contributed by atoms with E-state index in [9.17, 15) is 0 Å².